The van der Waals surface area contributed by atoms with Crippen molar-refractivity contribution in [3.63, 3.8) is 0 Å². The molecule has 4 aliphatic rings. The SMILES string of the molecule is COC(=O)C12CCC(CCN3CCc4c(nc(C(=O)Nc5cccc(-c6cccc(NC(=O)c7nc8c(n7C)CCNC8)c6C)c5Cl)n4C)C3)(CC1)C2. The number of halogens is 1. The lowest BCUT2D eigenvalue weighted by Crippen LogP contribution is -2.34. The molecule has 53 heavy (non-hydrogen) atoms. The van der Waals surface area contributed by atoms with Crippen molar-refractivity contribution < 1.29 is 19.1 Å². The van der Waals surface area contributed by atoms with Crippen molar-refractivity contribution in [2.75, 3.05) is 37.4 Å². The van der Waals surface area contributed by atoms with Crippen LogP contribution < -0.4 is 16.0 Å². The van der Waals surface area contributed by atoms with Crippen molar-refractivity contribution >= 4 is 40.8 Å². The quantitative estimate of drug-likeness (QED) is 0.183. The third kappa shape index (κ3) is 6.24. The molecule has 2 aliphatic carbocycles. The van der Waals surface area contributed by atoms with Gasteiger partial charge in [0.1, 0.15) is 0 Å². The van der Waals surface area contributed by atoms with Gasteiger partial charge in [0, 0.05) is 75.8 Å². The first-order valence-electron chi connectivity index (χ1n) is 18.6. The number of ether oxygens (including phenoxy) is 1. The summed E-state index contributed by atoms with van der Waals surface area (Å²) in [6.45, 7) is 6.00. The minimum Gasteiger partial charge on any atom is -0.469 e. The molecule has 4 heterocycles. The number of imidazole rings is 2. The van der Waals surface area contributed by atoms with E-state index in [4.69, 9.17) is 21.3 Å². The van der Waals surface area contributed by atoms with Crippen LogP contribution in [0, 0.1) is 17.8 Å². The molecule has 0 unspecified atom stereocenters. The first kappa shape index (κ1) is 35.5. The number of amides is 2. The Hall–Kier alpha value is -4.52. The van der Waals surface area contributed by atoms with Crippen molar-refractivity contribution in [2.24, 2.45) is 24.9 Å². The highest BCUT2D eigenvalue weighted by Crippen LogP contribution is 2.63. The van der Waals surface area contributed by atoms with Gasteiger partial charge >= 0.3 is 5.97 Å². The Labute approximate surface area is 314 Å². The topological polar surface area (TPSA) is 135 Å². The molecule has 0 spiro atoms. The second kappa shape index (κ2) is 13.7. The molecule has 2 saturated carbocycles. The lowest BCUT2D eigenvalue weighted by atomic mass is 9.80. The predicted molar refractivity (Wildman–Crippen MR) is 203 cm³/mol. The summed E-state index contributed by atoms with van der Waals surface area (Å²) in [5.41, 5.74) is 7.50. The summed E-state index contributed by atoms with van der Waals surface area (Å²) in [4.78, 5) is 51.5. The number of esters is 1. The Balaban J connectivity index is 0.944. The average Bonchev–Trinajstić information content (AvgIpc) is 3.92. The average molecular weight is 739 g/mol. The number of hydrogen-bond acceptors (Lipinski definition) is 8. The maximum absolute atomic E-state index is 13.7. The van der Waals surface area contributed by atoms with Crippen LogP contribution in [0.15, 0.2) is 36.4 Å². The van der Waals surface area contributed by atoms with Crippen LogP contribution in [0.25, 0.3) is 11.1 Å². The Morgan fingerprint density at radius 1 is 0.887 bits per heavy atom. The van der Waals surface area contributed by atoms with Gasteiger partial charge in [-0.1, -0.05) is 35.9 Å². The molecule has 13 heteroatoms. The normalized spacial score (nSPS) is 22.0. The van der Waals surface area contributed by atoms with E-state index in [-0.39, 0.29) is 28.6 Å². The van der Waals surface area contributed by atoms with Crippen LogP contribution in [0.5, 0.6) is 0 Å². The zero-order chi connectivity index (χ0) is 37.1. The van der Waals surface area contributed by atoms with Crippen LogP contribution in [0.3, 0.4) is 0 Å². The number of methoxy groups -OCH3 is 1. The second-order valence-electron chi connectivity index (χ2n) is 15.5. The Kier molecular flexibility index (Phi) is 9.19. The summed E-state index contributed by atoms with van der Waals surface area (Å²) in [5, 5.41) is 9.79. The zero-order valence-corrected chi connectivity index (χ0v) is 31.7. The van der Waals surface area contributed by atoms with Crippen LogP contribution in [0.2, 0.25) is 5.02 Å². The summed E-state index contributed by atoms with van der Waals surface area (Å²) in [6, 6.07) is 11.3. The van der Waals surface area contributed by atoms with E-state index in [2.05, 4.69) is 25.8 Å². The van der Waals surface area contributed by atoms with Crippen molar-refractivity contribution in [2.45, 2.75) is 71.4 Å². The number of nitrogens with zero attached hydrogens (tertiary/aromatic N) is 5. The second-order valence-corrected chi connectivity index (χ2v) is 15.9. The van der Waals surface area contributed by atoms with Gasteiger partial charge in [-0.25, -0.2) is 9.97 Å². The maximum Gasteiger partial charge on any atom is 0.311 e. The molecule has 2 aromatic heterocycles. The van der Waals surface area contributed by atoms with E-state index in [1.165, 1.54) is 7.11 Å². The number of carbonyl (C=O) groups is 3. The zero-order valence-electron chi connectivity index (χ0n) is 30.9. The number of benzene rings is 2. The molecular formula is C40H47ClN8O4. The predicted octanol–water partition coefficient (Wildman–Crippen LogP) is 5.80. The van der Waals surface area contributed by atoms with Gasteiger partial charge in [-0.15, -0.1) is 0 Å². The van der Waals surface area contributed by atoms with Crippen LogP contribution >= 0.6 is 11.6 Å². The summed E-state index contributed by atoms with van der Waals surface area (Å²) < 4.78 is 8.95. The van der Waals surface area contributed by atoms with E-state index < -0.39 is 0 Å². The van der Waals surface area contributed by atoms with Gasteiger partial charge in [-0.05, 0) is 80.7 Å². The maximum atomic E-state index is 13.7. The van der Waals surface area contributed by atoms with E-state index in [0.29, 0.717) is 41.1 Å². The first-order valence-corrected chi connectivity index (χ1v) is 19.0. The highest BCUT2D eigenvalue weighted by atomic mass is 35.5. The minimum atomic E-state index is -0.326. The highest BCUT2D eigenvalue weighted by Gasteiger charge is 2.58. The van der Waals surface area contributed by atoms with Gasteiger partial charge in [-0.2, -0.15) is 0 Å². The molecule has 2 bridgehead atoms. The molecule has 3 N–H and O–H groups in total. The Morgan fingerprint density at radius 3 is 2.23 bits per heavy atom. The molecule has 278 valence electrons. The first-order chi connectivity index (χ1) is 25.5. The van der Waals surface area contributed by atoms with Crippen molar-refractivity contribution in [3.8, 4) is 11.1 Å². The molecule has 0 atom stereocenters. The highest BCUT2D eigenvalue weighted by molar-refractivity contribution is 6.36. The largest absolute Gasteiger partial charge is 0.469 e. The van der Waals surface area contributed by atoms with Crippen molar-refractivity contribution in [1.29, 1.82) is 0 Å². The van der Waals surface area contributed by atoms with Gasteiger partial charge in [0.25, 0.3) is 11.8 Å². The van der Waals surface area contributed by atoms with E-state index in [1.54, 1.807) is 6.07 Å². The Morgan fingerprint density at radius 2 is 1.53 bits per heavy atom. The van der Waals surface area contributed by atoms with Crippen LogP contribution in [-0.4, -0.2) is 68.5 Å². The van der Waals surface area contributed by atoms with Gasteiger partial charge in [0.05, 0.1) is 34.6 Å². The van der Waals surface area contributed by atoms with Gasteiger partial charge in [-0.3, -0.25) is 19.3 Å². The van der Waals surface area contributed by atoms with Crippen molar-refractivity contribution in [1.82, 2.24) is 29.3 Å². The van der Waals surface area contributed by atoms with E-state index >= 15 is 0 Å². The molecule has 2 aromatic carbocycles. The molecule has 0 radical (unpaired) electrons. The molecular weight excluding hydrogens is 692 g/mol. The number of nitrogens with one attached hydrogen (secondary N) is 3. The fourth-order valence-corrected chi connectivity index (χ4v) is 9.72. The molecule has 0 saturated heterocycles. The number of rotatable bonds is 9. The van der Waals surface area contributed by atoms with Crippen LogP contribution in [0.4, 0.5) is 11.4 Å². The van der Waals surface area contributed by atoms with Gasteiger partial charge in [0.15, 0.2) is 11.6 Å². The number of aromatic nitrogens is 4. The number of anilines is 2. The third-order valence-electron chi connectivity index (χ3n) is 12.5. The minimum absolute atomic E-state index is 0.0331. The lowest BCUT2D eigenvalue weighted by molar-refractivity contribution is -0.152. The van der Waals surface area contributed by atoms with E-state index in [0.717, 1.165) is 110 Å². The molecule has 8 rings (SSSR count). The van der Waals surface area contributed by atoms with E-state index in [1.807, 2.05) is 60.5 Å². The summed E-state index contributed by atoms with van der Waals surface area (Å²) in [5.74, 6) is 0.0890. The number of fused-ring (bicyclic) bond motifs is 4. The smallest absolute Gasteiger partial charge is 0.311 e. The van der Waals surface area contributed by atoms with Gasteiger partial charge < -0.3 is 29.8 Å². The molecule has 2 aliphatic heterocycles. The molecule has 2 amide bonds. The Bertz CT molecular complexity index is 2130. The number of hydrogen-bond donors (Lipinski definition) is 3. The van der Waals surface area contributed by atoms with E-state index in [9.17, 15) is 14.4 Å². The lowest BCUT2D eigenvalue weighted by Gasteiger charge is -2.32. The number of carbonyl (C=O) groups excluding carboxylic acids is 3. The monoisotopic (exact) mass is 738 g/mol. The third-order valence-corrected chi connectivity index (χ3v) is 13.0. The van der Waals surface area contributed by atoms with Gasteiger partial charge in [0.2, 0.25) is 0 Å². The van der Waals surface area contributed by atoms with Crippen LogP contribution in [0.1, 0.15) is 88.1 Å². The standard InChI is InChI=1S/C40H47ClN8O4/c1-24-25(7-5-9-27(24)45-36(50)34-43-29-21-42-18-11-31(29)47(34)2)26-8-6-10-28(33(26)41)46-37(51)35-44-30-22-49(19-12-32(30)48(35)3)20-17-39-13-15-40(23-39,16-14-39)38(52)53-4/h5-10,42H,11-23H2,1-4H3,(H,45,50)(H,46,51). The summed E-state index contributed by atoms with van der Waals surface area (Å²) in [6.07, 6.45) is 7.70. The fourth-order valence-electron chi connectivity index (χ4n) is 9.45. The summed E-state index contributed by atoms with van der Waals surface area (Å²) >= 11 is 7.01. The fraction of sp³-hybridized carbons (Fsp3) is 0.475. The summed E-state index contributed by atoms with van der Waals surface area (Å²) in [7, 11) is 5.29. The molecule has 4 aromatic rings. The van der Waals surface area contributed by atoms with Crippen LogP contribution in [-0.2, 0) is 49.6 Å². The van der Waals surface area contributed by atoms with Crippen molar-refractivity contribution in [3.05, 3.63) is 81.4 Å². The molecule has 2 fully saturated rings. The molecule has 12 nitrogen and oxygen atoms in total.